The highest BCUT2D eigenvalue weighted by Gasteiger charge is 2.09. The van der Waals surface area contributed by atoms with Crippen LogP contribution in [0.3, 0.4) is 0 Å². The van der Waals surface area contributed by atoms with Crippen LogP contribution in [0.5, 0.6) is 0 Å². The predicted octanol–water partition coefficient (Wildman–Crippen LogP) is 7.55. The topological polar surface area (TPSA) is 42.2 Å². The minimum absolute atomic E-state index is 0.0587. The number of fused-ring (bicyclic) bond motifs is 1. The molecule has 0 unspecified atom stereocenters. The van der Waals surface area contributed by atoms with Gasteiger partial charge in [-0.05, 0) is 54.3 Å². The van der Waals surface area contributed by atoms with Crippen molar-refractivity contribution in [1.82, 2.24) is 5.32 Å². The first kappa shape index (κ1) is 22.4. The first-order chi connectivity index (χ1) is 17.2. The van der Waals surface area contributed by atoms with E-state index in [1.54, 1.807) is 0 Å². The summed E-state index contributed by atoms with van der Waals surface area (Å²) in [6.45, 7) is 2.68. The second-order valence-corrected chi connectivity index (χ2v) is 8.69. The van der Waals surface area contributed by atoms with Gasteiger partial charge in [0.2, 0.25) is 0 Å². The monoisotopic (exact) mass is 457 g/mol. The van der Waals surface area contributed by atoms with E-state index in [4.69, 9.17) is 4.42 Å². The number of hydrogen-bond acceptors (Lipinski definition) is 2. The van der Waals surface area contributed by atoms with E-state index in [2.05, 4.69) is 66.8 Å². The van der Waals surface area contributed by atoms with Crippen LogP contribution in [-0.2, 0) is 6.42 Å². The lowest BCUT2D eigenvalue weighted by molar-refractivity contribution is 0.0954. The maximum atomic E-state index is 12.8. The van der Waals surface area contributed by atoms with Gasteiger partial charge in [-0.25, -0.2) is 0 Å². The molecule has 0 saturated heterocycles. The zero-order chi connectivity index (χ0) is 24.0. The molecule has 1 heterocycles. The average molecular weight is 458 g/mol. The molecule has 0 saturated carbocycles. The summed E-state index contributed by atoms with van der Waals surface area (Å²) in [6, 6.07) is 34.4. The number of furan rings is 1. The number of nitrogens with one attached hydrogen (secondary N) is 1. The van der Waals surface area contributed by atoms with Crippen molar-refractivity contribution in [2.24, 2.45) is 0 Å². The third kappa shape index (κ3) is 5.42. The van der Waals surface area contributed by atoms with Gasteiger partial charge in [-0.2, -0.15) is 0 Å². The molecule has 1 aromatic heterocycles. The van der Waals surface area contributed by atoms with Crippen LogP contribution in [-0.4, -0.2) is 12.5 Å². The highest BCUT2D eigenvalue weighted by Crippen LogP contribution is 2.29. The van der Waals surface area contributed by atoms with Crippen molar-refractivity contribution in [2.45, 2.75) is 13.3 Å². The van der Waals surface area contributed by atoms with E-state index in [-0.39, 0.29) is 5.91 Å². The van der Waals surface area contributed by atoms with Gasteiger partial charge in [-0.15, -0.1) is 0 Å². The van der Waals surface area contributed by atoms with Gasteiger partial charge in [0.1, 0.15) is 11.3 Å². The third-order valence-electron chi connectivity index (χ3n) is 6.07. The molecule has 5 aromatic rings. The molecule has 0 aliphatic heterocycles. The van der Waals surface area contributed by atoms with E-state index in [1.807, 2.05) is 60.7 Å². The lowest BCUT2D eigenvalue weighted by atomic mass is 10.0. The Kier molecular flexibility index (Phi) is 6.58. The summed E-state index contributed by atoms with van der Waals surface area (Å²) in [4.78, 5) is 12.8. The summed E-state index contributed by atoms with van der Waals surface area (Å²) < 4.78 is 6.02. The normalized spacial score (nSPS) is 11.2. The van der Waals surface area contributed by atoms with Crippen LogP contribution >= 0.6 is 0 Å². The molecular weight excluding hydrogens is 430 g/mol. The molecule has 3 heteroatoms. The Morgan fingerprint density at radius 2 is 1.60 bits per heavy atom. The summed E-state index contributed by atoms with van der Waals surface area (Å²) in [7, 11) is 0. The number of amides is 1. The second-order valence-electron chi connectivity index (χ2n) is 8.69. The summed E-state index contributed by atoms with van der Waals surface area (Å²) in [5.41, 5.74) is 6.98. The fourth-order valence-electron chi connectivity index (χ4n) is 4.16. The van der Waals surface area contributed by atoms with Gasteiger partial charge in [0.05, 0.1) is 0 Å². The minimum atomic E-state index is -0.0587. The molecule has 0 bridgehead atoms. The Labute approximate surface area is 205 Å². The first-order valence-corrected chi connectivity index (χ1v) is 11.9. The van der Waals surface area contributed by atoms with Crippen LogP contribution in [0.4, 0.5) is 0 Å². The molecule has 35 heavy (non-hydrogen) atoms. The highest BCUT2D eigenvalue weighted by atomic mass is 16.3. The zero-order valence-corrected chi connectivity index (χ0v) is 19.7. The first-order valence-electron chi connectivity index (χ1n) is 11.9. The Morgan fingerprint density at radius 3 is 2.43 bits per heavy atom. The highest BCUT2D eigenvalue weighted by molar-refractivity contribution is 5.98. The standard InChI is InChI=1S/C32H27NO2/c1-23-11-18-30-28(21-23)22-31(35-30)27-16-13-25(14-17-27)12-15-26-9-5-6-10-29(26)32(34)33-20-19-24-7-3-2-4-8-24/h2-18,21-22H,19-20H2,1H3,(H,33,34). The van der Waals surface area contributed by atoms with E-state index in [1.165, 1.54) is 11.1 Å². The van der Waals surface area contributed by atoms with Crippen molar-refractivity contribution < 1.29 is 9.21 Å². The Bertz CT molecular complexity index is 1480. The van der Waals surface area contributed by atoms with E-state index < -0.39 is 0 Å². The summed E-state index contributed by atoms with van der Waals surface area (Å²) in [5.74, 6) is 0.801. The lowest BCUT2D eigenvalue weighted by Crippen LogP contribution is -2.26. The predicted molar refractivity (Wildman–Crippen MR) is 144 cm³/mol. The molecule has 5 rings (SSSR count). The van der Waals surface area contributed by atoms with Gasteiger partial charge < -0.3 is 9.73 Å². The lowest BCUT2D eigenvalue weighted by Gasteiger charge is -2.08. The molecular formula is C32H27NO2. The van der Waals surface area contributed by atoms with Crippen molar-refractivity contribution in [3.05, 3.63) is 131 Å². The number of hydrogen-bond donors (Lipinski definition) is 1. The third-order valence-corrected chi connectivity index (χ3v) is 6.07. The average Bonchev–Trinajstić information content (AvgIpc) is 3.32. The SMILES string of the molecule is Cc1ccc2oc(-c3ccc(C=Cc4ccccc4C(=O)NCCc4ccccc4)cc3)cc2c1. The largest absolute Gasteiger partial charge is 0.456 e. The quantitative estimate of drug-likeness (QED) is 0.256. The van der Waals surface area contributed by atoms with Crippen LogP contribution in [0.15, 0.2) is 108 Å². The smallest absolute Gasteiger partial charge is 0.251 e. The minimum Gasteiger partial charge on any atom is -0.456 e. The van der Waals surface area contributed by atoms with Crippen LogP contribution in [0.2, 0.25) is 0 Å². The van der Waals surface area contributed by atoms with E-state index in [9.17, 15) is 4.79 Å². The van der Waals surface area contributed by atoms with Crippen molar-refractivity contribution >= 4 is 29.0 Å². The summed E-state index contributed by atoms with van der Waals surface area (Å²) >= 11 is 0. The molecule has 0 aliphatic carbocycles. The number of aryl methyl sites for hydroxylation is 1. The van der Waals surface area contributed by atoms with Gasteiger partial charge in [0, 0.05) is 23.1 Å². The van der Waals surface area contributed by atoms with E-state index in [0.717, 1.165) is 39.8 Å². The molecule has 0 atom stereocenters. The van der Waals surface area contributed by atoms with Gasteiger partial charge in [0.15, 0.2) is 0 Å². The van der Waals surface area contributed by atoms with Crippen LogP contribution in [0.1, 0.15) is 32.6 Å². The maximum Gasteiger partial charge on any atom is 0.251 e. The second kappa shape index (κ2) is 10.3. The molecule has 1 amide bonds. The molecule has 0 radical (unpaired) electrons. The molecule has 0 fully saturated rings. The van der Waals surface area contributed by atoms with Gasteiger partial charge in [0.25, 0.3) is 5.91 Å². The van der Waals surface area contributed by atoms with E-state index >= 15 is 0 Å². The molecule has 0 spiro atoms. The molecule has 1 N–H and O–H groups in total. The number of benzene rings is 4. The van der Waals surface area contributed by atoms with Crippen molar-refractivity contribution in [3.8, 4) is 11.3 Å². The number of carbonyl (C=O) groups excluding carboxylic acids is 1. The van der Waals surface area contributed by atoms with Crippen LogP contribution in [0, 0.1) is 6.92 Å². The number of rotatable bonds is 7. The zero-order valence-electron chi connectivity index (χ0n) is 19.7. The Morgan fingerprint density at radius 1 is 0.829 bits per heavy atom. The summed E-state index contributed by atoms with van der Waals surface area (Å²) in [5, 5.41) is 4.16. The van der Waals surface area contributed by atoms with Crippen LogP contribution < -0.4 is 5.32 Å². The van der Waals surface area contributed by atoms with Gasteiger partial charge in [-0.3, -0.25) is 4.79 Å². The number of carbonyl (C=O) groups is 1. The van der Waals surface area contributed by atoms with Crippen molar-refractivity contribution in [3.63, 3.8) is 0 Å². The van der Waals surface area contributed by atoms with Gasteiger partial charge >= 0.3 is 0 Å². The van der Waals surface area contributed by atoms with E-state index in [0.29, 0.717) is 12.1 Å². The van der Waals surface area contributed by atoms with Crippen molar-refractivity contribution in [2.75, 3.05) is 6.54 Å². The molecule has 0 aliphatic rings. The fourth-order valence-corrected chi connectivity index (χ4v) is 4.16. The van der Waals surface area contributed by atoms with Crippen molar-refractivity contribution in [1.29, 1.82) is 0 Å². The van der Waals surface area contributed by atoms with Gasteiger partial charge in [-0.1, -0.05) is 96.6 Å². The Balaban J connectivity index is 1.27. The summed E-state index contributed by atoms with van der Waals surface area (Å²) in [6.07, 6.45) is 4.83. The molecule has 172 valence electrons. The maximum absolute atomic E-state index is 12.8. The molecule has 4 aromatic carbocycles. The molecule has 3 nitrogen and oxygen atoms in total. The Hall–Kier alpha value is -4.37. The fraction of sp³-hybridized carbons (Fsp3) is 0.0938. The van der Waals surface area contributed by atoms with Crippen LogP contribution in [0.25, 0.3) is 34.4 Å².